The molecule has 1 fully saturated rings. The third kappa shape index (κ3) is 2.14. The lowest BCUT2D eigenvalue weighted by atomic mass is 10.6. The highest BCUT2D eigenvalue weighted by atomic mass is 32.3. The molecule has 1 saturated heterocycles. The van der Waals surface area contributed by atoms with E-state index in [1.54, 1.807) is 5.75 Å². The van der Waals surface area contributed by atoms with Crippen LogP contribution in [-0.4, -0.2) is 39.9 Å². The molecule has 0 aliphatic carbocycles. The molecular weight excluding hydrogens is 138 g/mol. The number of hydrogen-bond donors (Lipinski definition) is 2. The summed E-state index contributed by atoms with van der Waals surface area (Å²) in [5.41, 5.74) is 0. The first-order chi connectivity index (χ1) is 4.10. The Bertz CT molecular complexity index is 97.1. The van der Waals surface area contributed by atoms with Crippen LogP contribution in [0.15, 0.2) is 0 Å². The lowest BCUT2D eigenvalue weighted by molar-refractivity contribution is 0.358. The van der Waals surface area contributed by atoms with E-state index in [0.29, 0.717) is 12.3 Å². The summed E-state index contributed by atoms with van der Waals surface area (Å²) in [6.45, 7) is 1.49. The summed E-state index contributed by atoms with van der Waals surface area (Å²) >= 11 is 0. The normalized spacial score (nSPS) is 31.9. The van der Waals surface area contributed by atoms with Crippen LogP contribution in [0.1, 0.15) is 0 Å². The third-order valence-electron chi connectivity index (χ3n) is 1.43. The second kappa shape index (κ2) is 2.46. The van der Waals surface area contributed by atoms with Gasteiger partial charge < -0.3 is 4.90 Å². The van der Waals surface area contributed by atoms with Gasteiger partial charge in [-0.2, -0.15) is 10.6 Å². The monoisotopic (exact) mass is 150 g/mol. The minimum atomic E-state index is -2.28. The van der Waals surface area contributed by atoms with Crippen LogP contribution in [0, 0.1) is 5.75 Å². The molecule has 0 unspecified atom stereocenters. The summed E-state index contributed by atoms with van der Waals surface area (Å²) in [5.74, 6) is 2.10. The van der Waals surface area contributed by atoms with E-state index in [0.717, 1.165) is 6.54 Å². The van der Waals surface area contributed by atoms with Gasteiger partial charge in [0.2, 0.25) is 0 Å². The molecule has 55 valence electrons. The lowest BCUT2D eigenvalue weighted by Gasteiger charge is -2.38. The van der Waals surface area contributed by atoms with E-state index in [-0.39, 0.29) is 0 Å². The highest BCUT2D eigenvalue weighted by Crippen LogP contribution is 2.43. The largest absolute Gasteiger partial charge is 0.303 e. The predicted molar refractivity (Wildman–Crippen MR) is 39.5 cm³/mol. The van der Waals surface area contributed by atoms with Gasteiger partial charge in [0.15, 0.2) is 0 Å². The molecule has 0 bridgehead atoms. The Kier molecular flexibility index (Phi) is 2.00. The predicted octanol–water partition coefficient (Wildman–Crippen LogP) is 0.844. The molecule has 0 aromatic heterocycles. The van der Waals surface area contributed by atoms with Crippen molar-refractivity contribution in [3.63, 3.8) is 0 Å². The van der Waals surface area contributed by atoms with Crippen LogP contribution in [0.25, 0.3) is 0 Å². The zero-order chi connectivity index (χ0) is 6.91. The maximum Gasteiger partial charge on any atom is 0.0826 e. The molecule has 0 amide bonds. The minimum Gasteiger partial charge on any atom is -0.303 e. The van der Waals surface area contributed by atoms with Crippen molar-refractivity contribution in [2.75, 3.05) is 25.9 Å². The number of hydrogen-bond acceptors (Lipinski definition) is 3. The van der Waals surface area contributed by atoms with Crippen molar-refractivity contribution < 1.29 is 9.11 Å². The molecule has 2 N–H and O–H groups in total. The first-order valence-electron chi connectivity index (χ1n) is 2.88. The van der Waals surface area contributed by atoms with Crippen LogP contribution in [-0.2, 0) is 0 Å². The van der Waals surface area contributed by atoms with Gasteiger partial charge in [-0.1, -0.05) is 0 Å². The molecule has 4 heteroatoms. The van der Waals surface area contributed by atoms with Crippen LogP contribution in [0.4, 0.5) is 0 Å². The van der Waals surface area contributed by atoms with Crippen molar-refractivity contribution >= 4 is 10.6 Å². The fraction of sp³-hybridized carbons (Fsp3) is 0.800. The van der Waals surface area contributed by atoms with Crippen molar-refractivity contribution in [3.05, 3.63) is 5.75 Å². The quantitative estimate of drug-likeness (QED) is 0.538. The van der Waals surface area contributed by atoms with Gasteiger partial charge in [-0.3, -0.25) is 9.11 Å². The third-order valence-corrected chi connectivity index (χ3v) is 2.89. The van der Waals surface area contributed by atoms with E-state index in [1.807, 2.05) is 7.05 Å². The Morgan fingerprint density at radius 1 is 1.56 bits per heavy atom. The van der Waals surface area contributed by atoms with Gasteiger partial charge in [0.1, 0.15) is 0 Å². The summed E-state index contributed by atoms with van der Waals surface area (Å²) < 4.78 is 18.1. The Labute approximate surface area is 57.0 Å². The van der Waals surface area contributed by atoms with Gasteiger partial charge in [-0.05, 0) is 7.05 Å². The molecule has 1 rings (SSSR count). The summed E-state index contributed by atoms with van der Waals surface area (Å²) in [4.78, 5) is 2.05. The summed E-state index contributed by atoms with van der Waals surface area (Å²) in [6, 6.07) is 0. The van der Waals surface area contributed by atoms with Gasteiger partial charge in [0.25, 0.3) is 0 Å². The van der Waals surface area contributed by atoms with Gasteiger partial charge in [-0.15, -0.1) is 0 Å². The van der Waals surface area contributed by atoms with E-state index in [2.05, 4.69) is 4.90 Å². The van der Waals surface area contributed by atoms with Gasteiger partial charge in [-0.25, -0.2) is 0 Å². The zero-order valence-electron chi connectivity index (χ0n) is 5.45. The average Bonchev–Trinajstić information content (AvgIpc) is 1.78. The highest BCUT2D eigenvalue weighted by molar-refractivity contribution is 8.26. The van der Waals surface area contributed by atoms with Crippen LogP contribution >= 0.6 is 10.6 Å². The van der Waals surface area contributed by atoms with Crippen LogP contribution in [0.5, 0.6) is 0 Å². The second-order valence-corrected chi connectivity index (χ2v) is 4.53. The van der Waals surface area contributed by atoms with Gasteiger partial charge in [0, 0.05) is 13.1 Å². The fourth-order valence-electron chi connectivity index (χ4n) is 0.711. The molecule has 3 nitrogen and oxygen atoms in total. The zero-order valence-corrected chi connectivity index (χ0v) is 6.27. The molecule has 9 heavy (non-hydrogen) atoms. The first kappa shape index (κ1) is 7.34. The van der Waals surface area contributed by atoms with E-state index >= 15 is 0 Å². The summed E-state index contributed by atoms with van der Waals surface area (Å²) in [5, 5.41) is 0. The Morgan fingerprint density at radius 2 is 2.22 bits per heavy atom. The van der Waals surface area contributed by atoms with E-state index < -0.39 is 10.6 Å². The Morgan fingerprint density at radius 3 is 2.56 bits per heavy atom. The molecule has 0 atom stereocenters. The SMILES string of the molecule is CN1C[CH]S(O)(O)CC1. The van der Waals surface area contributed by atoms with Crippen molar-refractivity contribution in [3.8, 4) is 0 Å². The van der Waals surface area contributed by atoms with Crippen LogP contribution in [0.3, 0.4) is 0 Å². The Hall–Kier alpha value is 0.230. The molecular formula is C5H12NO2S. The Balaban J connectivity index is 2.35. The van der Waals surface area contributed by atoms with Crippen molar-refractivity contribution in [1.82, 2.24) is 4.90 Å². The molecule has 0 saturated carbocycles. The standard InChI is InChI=1S/C5H12NO2S/c1-6-2-4-9(7,8)5-3-6/h4,7-8H,2-3,5H2,1H3. The molecule has 1 radical (unpaired) electrons. The molecule has 1 heterocycles. The molecule has 1 aliphatic heterocycles. The van der Waals surface area contributed by atoms with Crippen molar-refractivity contribution in [2.45, 2.75) is 0 Å². The maximum absolute atomic E-state index is 9.05. The topological polar surface area (TPSA) is 43.7 Å². The van der Waals surface area contributed by atoms with Crippen molar-refractivity contribution in [1.29, 1.82) is 0 Å². The van der Waals surface area contributed by atoms with E-state index in [1.165, 1.54) is 0 Å². The summed E-state index contributed by atoms with van der Waals surface area (Å²) in [6.07, 6.45) is 0. The second-order valence-electron chi connectivity index (χ2n) is 2.35. The minimum absolute atomic E-state index is 0.503. The van der Waals surface area contributed by atoms with Crippen LogP contribution in [0.2, 0.25) is 0 Å². The van der Waals surface area contributed by atoms with Gasteiger partial charge in [0.05, 0.1) is 11.5 Å². The average molecular weight is 150 g/mol. The smallest absolute Gasteiger partial charge is 0.0826 e. The number of rotatable bonds is 0. The fourth-order valence-corrected chi connectivity index (χ4v) is 1.95. The lowest BCUT2D eigenvalue weighted by Crippen LogP contribution is -2.32. The van der Waals surface area contributed by atoms with Crippen LogP contribution < -0.4 is 0 Å². The molecule has 0 spiro atoms. The van der Waals surface area contributed by atoms with Crippen molar-refractivity contribution in [2.24, 2.45) is 0 Å². The first-order valence-corrected chi connectivity index (χ1v) is 4.66. The molecule has 1 aliphatic rings. The molecule has 0 aromatic carbocycles. The molecule has 0 aromatic rings. The summed E-state index contributed by atoms with van der Waals surface area (Å²) in [7, 11) is -0.319. The number of nitrogens with zero attached hydrogens (tertiary/aromatic N) is 1. The maximum atomic E-state index is 9.05. The van der Waals surface area contributed by atoms with E-state index in [9.17, 15) is 0 Å². The van der Waals surface area contributed by atoms with E-state index in [4.69, 9.17) is 9.11 Å². The highest BCUT2D eigenvalue weighted by Gasteiger charge is 2.19. The van der Waals surface area contributed by atoms with Gasteiger partial charge >= 0.3 is 0 Å².